The van der Waals surface area contributed by atoms with E-state index in [1.54, 1.807) is 4.90 Å². The van der Waals surface area contributed by atoms with E-state index in [0.29, 0.717) is 51.5 Å². The Labute approximate surface area is 181 Å². The van der Waals surface area contributed by atoms with Crippen molar-refractivity contribution in [2.45, 2.75) is 37.5 Å². The van der Waals surface area contributed by atoms with E-state index in [9.17, 15) is 14.4 Å². The average Bonchev–Trinajstić information content (AvgIpc) is 2.94. The minimum atomic E-state index is -0.598. The van der Waals surface area contributed by atoms with Crippen molar-refractivity contribution in [2.75, 3.05) is 46.1 Å². The first-order valence-corrected chi connectivity index (χ1v) is 10.9. The molecule has 9 nitrogen and oxygen atoms in total. The zero-order valence-corrected chi connectivity index (χ0v) is 17.5. The average molecular weight is 428 g/mol. The van der Waals surface area contributed by atoms with Gasteiger partial charge in [-0.05, 0) is 23.6 Å². The van der Waals surface area contributed by atoms with Gasteiger partial charge < -0.3 is 19.7 Å². The summed E-state index contributed by atoms with van der Waals surface area (Å²) in [5.41, 5.74) is 2.48. The topological polar surface area (TPSA) is 100 Å². The van der Waals surface area contributed by atoms with Crippen LogP contribution in [0.4, 0.5) is 0 Å². The van der Waals surface area contributed by atoms with E-state index in [-0.39, 0.29) is 29.7 Å². The van der Waals surface area contributed by atoms with Crippen molar-refractivity contribution in [3.05, 3.63) is 34.9 Å². The Kier molecular flexibility index (Phi) is 5.51. The Morgan fingerprint density at radius 2 is 1.97 bits per heavy atom. The standard InChI is InChI=1S/C22H28N4O5/c27-19-5-4-18(20(28)24-19)26-11-17-15(2-1-3-16(17)21(26)29)10-25-7-9-31-14-22(25)12-23-6-8-30-13-22/h1-3,18,23H,4-14H2,(H,24,27,28). The first-order chi connectivity index (χ1) is 15.1. The highest BCUT2D eigenvalue weighted by molar-refractivity contribution is 6.05. The van der Waals surface area contributed by atoms with Gasteiger partial charge in [-0.1, -0.05) is 12.1 Å². The van der Waals surface area contributed by atoms with E-state index in [1.807, 2.05) is 12.1 Å². The molecule has 0 radical (unpaired) electrons. The van der Waals surface area contributed by atoms with Crippen LogP contribution in [0.3, 0.4) is 0 Å². The molecule has 1 spiro atoms. The monoisotopic (exact) mass is 428 g/mol. The second kappa shape index (κ2) is 8.31. The molecule has 3 fully saturated rings. The molecule has 1 aromatic rings. The number of ether oxygens (including phenoxy) is 2. The van der Waals surface area contributed by atoms with Crippen molar-refractivity contribution >= 4 is 17.7 Å². The maximum Gasteiger partial charge on any atom is 0.255 e. The summed E-state index contributed by atoms with van der Waals surface area (Å²) < 4.78 is 11.7. The third-order valence-electron chi connectivity index (χ3n) is 6.84. The number of imide groups is 1. The van der Waals surface area contributed by atoms with E-state index in [2.05, 4.69) is 21.6 Å². The van der Waals surface area contributed by atoms with Gasteiger partial charge in [-0.3, -0.25) is 24.6 Å². The van der Waals surface area contributed by atoms with Crippen molar-refractivity contribution in [3.8, 4) is 0 Å². The number of piperidine rings is 1. The van der Waals surface area contributed by atoms with Gasteiger partial charge in [0.25, 0.3) is 5.91 Å². The molecule has 4 aliphatic rings. The molecule has 2 N–H and O–H groups in total. The van der Waals surface area contributed by atoms with E-state index in [0.717, 1.165) is 30.8 Å². The number of nitrogens with zero attached hydrogens (tertiary/aromatic N) is 2. The highest BCUT2D eigenvalue weighted by atomic mass is 16.5. The molecule has 4 heterocycles. The lowest BCUT2D eigenvalue weighted by Gasteiger charge is -2.46. The normalized spacial score (nSPS) is 29.7. The highest BCUT2D eigenvalue weighted by Crippen LogP contribution is 2.32. The lowest BCUT2D eigenvalue weighted by atomic mass is 9.95. The molecule has 166 valence electrons. The van der Waals surface area contributed by atoms with Crippen LogP contribution < -0.4 is 10.6 Å². The van der Waals surface area contributed by atoms with Crippen LogP contribution in [0.15, 0.2) is 18.2 Å². The number of fused-ring (bicyclic) bond motifs is 1. The Hall–Kier alpha value is -2.33. The summed E-state index contributed by atoms with van der Waals surface area (Å²) in [6.45, 7) is 6.06. The van der Waals surface area contributed by atoms with E-state index < -0.39 is 6.04 Å². The predicted molar refractivity (Wildman–Crippen MR) is 110 cm³/mol. The number of carbonyl (C=O) groups is 3. The van der Waals surface area contributed by atoms with E-state index >= 15 is 0 Å². The van der Waals surface area contributed by atoms with Gasteiger partial charge in [-0.25, -0.2) is 0 Å². The molecule has 2 atom stereocenters. The summed E-state index contributed by atoms with van der Waals surface area (Å²) in [6, 6.07) is 5.21. The second-order valence-electron chi connectivity index (χ2n) is 8.77. The molecule has 31 heavy (non-hydrogen) atoms. The second-order valence-corrected chi connectivity index (χ2v) is 8.77. The van der Waals surface area contributed by atoms with Gasteiger partial charge in [0.1, 0.15) is 6.04 Å². The molecule has 3 saturated heterocycles. The quantitative estimate of drug-likeness (QED) is 0.634. The van der Waals surface area contributed by atoms with Gasteiger partial charge in [-0.2, -0.15) is 0 Å². The summed E-state index contributed by atoms with van der Waals surface area (Å²) in [5.74, 6) is -0.793. The minimum Gasteiger partial charge on any atom is -0.378 e. The van der Waals surface area contributed by atoms with Crippen LogP contribution in [0.25, 0.3) is 0 Å². The third kappa shape index (κ3) is 3.76. The van der Waals surface area contributed by atoms with Crippen LogP contribution >= 0.6 is 0 Å². The SMILES string of the molecule is O=C1CCC(N2Cc3c(CN4CCOCC45CNCCOC5)cccc3C2=O)C(=O)N1. The van der Waals surface area contributed by atoms with Gasteiger partial charge in [0.05, 0.1) is 32.0 Å². The van der Waals surface area contributed by atoms with Crippen molar-refractivity contribution in [1.82, 2.24) is 20.4 Å². The first-order valence-electron chi connectivity index (χ1n) is 10.9. The van der Waals surface area contributed by atoms with E-state index in [4.69, 9.17) is 9.47 Å². The fourth-order valence-corrected chi connectivity index (χ4v) is 5.09. The number of morpholine rings is 1. The van der Waals surface area contributed by atoms with Gasteiger partial charge >= 0.3 is 0 Å². The number of rotatable bonds is 3. The molecule has 0 bridgehead atoms. The number of carbonyl (C=O) groups excluding carboxylic acids is 3. The molecular weight excluding hydrogens is 400 g/mol. The molecule has 0 aromatic heterocycles. The summed E-state index contributed by atoms with van der Waals surface area (Å²) >= 11 is 0. The number of benzene rings is 1. The fraction of sp³-hybridized carbons (Fsp3) is 0.591. The maximum absolute atomic E-state index is 13.1. The van der Waals surface area contributed by atoms with Gasteiger partial charge in [0.15, 0.2) is 0 Å². The number of hydrogen-bond donors (Lipinski definition) is 2. The van der Waals surface area contributed by atoms with Gasteiger partial charge in [0.2, 0.25) is 11.8 Å². The molecule has 4 aliphatic heterocycles. The fourth-order valence-electron chi connectivity index (χ4n) is 5.09. The minimum absolute atomic E-state index is 0.137. The smallest absolute Gasteiger partial charge is 0.255 e. The third-order valence-corrected chi connectivity index (χ3v) is 6.84. The summed E-state index contributed by atoms with van der Waals surface area (Å²) in [5, 5.41) is 5.82. The van der Waals surface area contributed by atoms with Crippen LogP contribution in [0.5, 0.6) is 0 Å². The van der Waals surface area contributed by atoms with E-state index in [1.165, 1.54) is 0 Å². The predicted octanol–water partition coefficient (Wildman–Crippen LogP) is -0.362. The van der Waals surface area contributed by atoms with Gasteiger partial charge in [-0.15, -0.1) is 0 Å². The maximum atomic E-state index is 13.1. The molecule has 1 aromatic carbocycles. The Bertz CT molecular complexity index is 896. The molecule has 2 unspecified atom stereocenters. The van der Waals surface area contributed by atoms with Crippen molar-refractivity contribution in [2.24, 2.45) is 0 Å². The molecule has 5 rings (SSSR count). The van der Waals surface area contributed by atoms with Crippen LogP contribution in [-0.2, 0) is 32.2 Å². The molecular formula is C22H28N4O5. The molecule has 0 aliphatic carbocycles. The number of amides is 3. The van der Waals surface area contributed by atoms with Gasteiger partial charge in [0, 0.05) is 44.7 Å². The Morgan fingerprint density at radius 3 is 2.81 bits per heavy atom. The zero-order valence-electron chi connectivity index (χ0n) is 17.5. The van der Waals surface area contributed by atoms with Crippen molar-refractivity contribution < 1.29 is 23.9 Å². The lowest BCUT2D eigenvalue weighted by molar-refractivity contribution is -0.136. The van der Waals surface area contributed by atoms with Crippen molar-refractivity contribution in [1.29, 1.82) is 0 Å². The van der Waals surface area contributed by atoms with Crippen LogP contribution in [-0.4, -0.2) is 85.2 Å². The largest absolute Gasteiger partial charge is 0.378 e. The molecule has 9 heteroatoms. The molecule has 3 amide bonds. The number of hydrogen-bond acceptors (Lipinski definition) is 7. The Morgan fingerprint density at radius 1 is 1.13 bits per heavy atom. The summed E-state index contributed by atoms with van der Waals surface area (Å²) in [4.78, 5) is 41.0. The van der Waals surface area contributed by atoms with Crippen LogP contribution in [0.2, 0.25) is 0 Å². The molecule has 0 saturated carbocycles. The van der Waals surface area contributed by atoms with Crippen LogP contribution in [0, 0.1) is 0 Å². The zero-order chi connectivity index (χ0) is 21.4. The lowest BCUT2D eigenvalue weighted by Crippen LogP contribution is -2.63. The summed E-state index contributed by atoms with van der Waals surface area (Å²) in [7, 11) is 0. The number of nitrogens with one attached hydrogen (secondary N) is 2. The Balaban J connectivity index is 1.39. The highest BCUT2D eigenvalue weighted by Gasteiger charge is 2.43. The van der Waals surface area contributed by atoms with Crippen molar-refractivity contribution in [3.63, 3.8) is 0 Å². The van der Waals surface area contributed by atoms with Crippen LogP contribution in [0.1, 0.15) is 34.3 Å². The summed E-state index contributed by atoms with van der Waals surface area (Å²) in [6.07, 6.45) is 0.627. The first kappa shape index (κ1) is 20.6.